The third-order valence-corrected chi connectivity index (χ3v) is 6.82. The average molecular weight is 372 g/mol. The lowest BCUT2D eigenvalue weighted by Gasteiger charge is -2.31. The van der Waals surface area contributed by atoms with Gasteiger partial charge < -0.3 is 4.90 Å². The summed E-state index contributed by atoms with van der Waals surface area (Å²) in [6.45, 7) is 2.47. The van der Waals surface area contributed by atoms with Crippen LogP contribution < -0.4 is 0 Å². The number of nitrogens with zero attached hydrogens (tertiary/aromatic N) is 1. The number of ketones is 1. The summed E-state index contributed by atoms with van der Waals surface area (Å²) in [5.41, 5.74) is 0.792. The highest BCUT2D eigenvalue weighted by Crippen LogP contribution is 2.22. The van der Waals surface area contributed by atoms with Gasteiger partial charge in [0.05, 0.1) is 10.6 Å². The molecule has 0 spiro atoms. The molecule has 1 saturated heterocycles. The Morgan fingerprint density at radius 3 is 2.12 bits per heavy atom. The van der Waals surface area contributed by atoms with Gasteiger partial charge in [-0.1, -0.05) is 48.5 Å². The van der Waals surface area contributed by atoms with Crippen LogP contribution in [0.15, 0.2) is 65.6 Å². The minimum atomic E-state index is -3.20. The van der Waals surface area contributed by atoms with Crippen molar-refractivity contribution in [3.63, 3.8) is 0 Å². The Hall–Kier alpha value is -1.98. The molecule has 0 unspecified atom stereocenters. The minimum absolute atomic E-state index is 0.0849. The van der Waals surface area contributed by atoms with Crippen LogP contribution >= 0.6 is 0 Å². The molecule has 0 amide bonds. The standard InChI is InChI=1S/C21H25NO3S/c23-21(18-8-3-1-4-9-18)19-12-15-22(16-13-19)14-7-17-26(24,25)20-10-5-2-6-11-20/h1-6,8-11,19H,7,12-17H2. The van der Waals surface area contributed by atoms with Gasteiger partial charge in [0.1, 0.15) is 0 Å². The maximum absolute atomic E-state index is 12.5. The number of likely N-dealkylation sites (tertiary alicyclic amines) is 1. The highest BCUT2D eigenvalue weighted by molar-refractivity contribution is 7.91. The van der Waals surface area contributed by atoms with Gasteiger partial charge in [0.25, 0.3) is 0 Å². The van der Waals surface area contributed by atoms with Gasteiger partial charge in [0.15, 0.2) is 15.6 Å². The molecule has 1 aliphatic rings. The van der Waals surface area contributed by atoms with Gasteiger partial charge >= 0.3 is 0 Å². The van der Waals surface area contributed by atoms with Crippen LogP contribution in [0.3, 0.4) is 0 Å². The van der Waals surface area contributed by atoms with Crippen molar-refractivity contribution in [2.45, 2.75) is 24.2 Å². The molecule has 5 heteroatoms. The molecule has 2 aromatic carbocycles. The highest BCUT2D eigenvalue weighted by atomic mass is 32.2. The summed E-state index contributed by atoms with van der Waals surface area (Å²) < 4.78 is 24.6. The van der Waals surface area contributed by atoms with E-state index in [-0.39, 0.29) is 17.5 Å². The van der Waals surface area contributed by atoms with Crippen molar-refractivity contribution >= 4 is 15.6 Å². The lowest BCUT2D eigenvalue weighted by molar-refractivity contribution is 0.0840. The third-order valence-electron chi connectivity index (χ3n) is 5.01. The van der Waals surface area contributed by atoms with Gasteiger partial charge in [-0.15, -0.1) is 0 Å². The van der Waals surface area contributed by atoms with Gasteiger partial charge in [-0.3, -0.25) is 4.79 Å². The molecule has 1 aliphatic heterocycles. The number of carbonyl (C=O) groups excluding carboxylic acids is 1. The first-order chi connectivity index (χ1) is 12.6. The number of sulfone groups is 1. The fourth-order valence-electron chi connectivity index (χ4n) is 3.48. The Balaban J connectivity index is 1.44. The summed E-state index contributed by atoms with van der Waals surface area (Å²) in [6.07, 6.45) is 2.31. The topological polar surface area (TPSA) is 54.5 Å². The molecule has 0 aliphatic carbocycles. The summed E-state index contributed by atoms with van der Waals surface area (Å²) in [7, 11) is -3.20. The maximum atomic E-state index is 12.5. The quantitative estimate of drug-likeness (QED) is 0.700. The molecule has 2 aromatic rings. The molecular weight excluding hydrogens is 346 g/mol. The Bertz CT molecular complexity index is 811. The Kier molecular flexibility index (Phi) is 6.22. The predicted octanol–water partition coefficient (Wildman–Crippen LogP) is 3.45. The number of carbonyl (C=O) groups is 1. The predicted molar refractivity (Wildman–Crippen MR) is 103 cm³/mol. The largest absolute Gasteiger partial charge is 0.303 e. The van der Waals surface area contributed by atoms with Gasteiger partial charge in [0.2, 0.25) is 0 Å². The summed E-state index contributed by atoms with van der Waals surface area (Å²) >= 11 is 0. The number of benzene rings is 2. The SMILES string of the molecule is O=C(c1ccccc1)C1CCN(CCCS(=O)(=O)c2ccccc2)CC1. The van der Waals surface area contributed by atoms with Crippen LogP contribution in [-0.2, 0) is 9.84 Å². The molecule has 0 atom stereocenters. The molecular formula is C21H25NO3S. The molecule has 0 saturated carbocycles. The Labute approximate surface area is 155 Å². The van der Waals surface area contributed by atoms with E-state index in [9.17, 15) is 13.2 Å². The van der Waals surface area contributed by atoms with Crippen LogP contribution in [0, 0.1) is 5.92 Å². The van der Waals surface area contributed by atoms with Crippen LogP contribution in [0.2, 0.25) is 0 Å². The van der Waals surface area contributed by atoms with Gasteiger partial charge in [-0.2, -0.15) is 0 Å². The fraction of sp³-hybridized carbons (Fsp3) is 0.381. The van der Waals surface area contributed by atoms with E-state index < -0.39 is 9.84 Å². The molecule has 26 heavy (non-hydrogen) atoms. The van der Waals surface area contributed by atoms with Crippen molar-refractivity contribution in [3.05, 3.63) is 66.2 Å². The second-order valence-corrected chi connectivity index (χ2v) is 8.94. The third kappa shape index (κ3) is 4.80. The molecule has 4 nitrogen and oxygen atoms in total. The molecule has 0 N–H and O–H groups in total. The number of rotatable bonds is 7. The number of hydrogen-bond donors (Lipinski definition) is 0. The molecule has 138 valence electrons. The molecule has 0 radical (unpaired) electrons. The molecule has 0 bridgehead atoms. The zero-order chi connectivity index (χ0) is 18.4. The maximum Gasteiger partial charge on any atom is 0.178 e. The van der Waals surface area contributed by atoms with Crippen LogP contribution in [-0.4, -0.2) is 44.5 Å². The minimum Gasteiger partial charge on any atom is -0.303 e. The van der Waals surface area contributed by atoms with E-state index in [1.54, 1.807) is 24.3 Å². The molecule has 3 rings (SSSR count). The fourth-order valence-corrected chi connectivity index (χ4v) is 4.80. The zero-order valence-electron chi connectivity index (χ0n) is 14.9. The van der Waals surface area contributed by atoms with Crippen LogP contribution in [0.5, 0.6) is 0 Å². The summed E-state index contributed by atoms with van der Waals surface area (Å²) in [6, 6.07) is 18.1. The first kappa shape index (κ1) is 18.8. The van der Waals surface area contributed by atoms with E-state index in [1.807, 2.05) is 36.4 Å². The second kappa shape index (κ2) is 8.60. The van der Waals surface area contributed by atoms with Crippen molar-refractivity contribution < 1.29 is 13.2 Å². The number of Topliss-reactive ketones (excluding diaryl/α,β-unsaturated/α-hetero) is 1. The first-order valence-electron chi connectivity index (χ1n) is 9.16. The van der Waals surface area contributed by atoms with Crippen LogP contribution in [0.1, 0.15) is 29.6 Å². The zero-order valence-corrected chi connectivity index (χ0v) is 15.7. The summed E-state index contributed by atoms with van der Waals surface area (Å²) in [5.74, 6) is 0.485. The van der Waals surface area contributed by atoms with E-state index in [4.69, 9.17) is 0 Å². The molecule has 1 heterocycles. The Morgan fingerprint density at radius 2 is 1.50 bits per heavy atom. The van der Waals surface area contributed by atoms with Gasteiger partial charge in [-0.05, 0) is 51.0 Å². The average Bonchev–Trinajstić information content (AvgIpc) is 2.69. The lowest BCUT2D eigenvalue weighted by atomic mass is 9.89. The number of hydrogen-bond acceptors (Lipinski definition) is 4. The molecule has 1 fully saturated rings. The molecule has 0 aromatic heterocycles. The van der Waals surface area contributed by atoms with Crippen LogP contribution in [0.25, 0.3) is 0 Å². The van der Waals surface area contributed by atoms with Crippen molar-refractivity contribution in [3.8, 4) is 0 Å². The lowest BCUT2D eigenvalue weighted by Crippen LogP contribution is -2.37. The van der Waals surface area contributed by atoms with Crippen molar-refractivity contribution in [2.24, 2.45) is 5.92 Å². The normalized spacial score (nSPS) is 16.5. The van der Waals surface area contributed by atoms with Crippen molar-refractivity contribution in [2.75, 3.05) is 25.4 Å². The second-order valence-electron chi connectivity index (χ2n) is 6.83. The van der Waals surface area contributed by atoms with Crippen molar-refractivity contribution in [1.29, 1.82) is 0 Å². The summed E-state index contributed by atoms with van der Waals surface area (Å²) in [4.78, 5) is 15.2. The van der Waals surface area contributed by atoms with Gasteiger partial charge in [0, 0.05) is 11.5 Å². The monoisotopic (exact) mass is 371 g/mol. The number of piperidine rings is 1. The summed E-state index contributed by atoms with van der Waals surface area (Å²) in [5, 5.41) is 0. The van der Waals surface area contributed by atoms with E-state index in [0.717, 1.165) is 38.0 Å². The first-order valence-corrected chi connectivity index (χ1v) is 10.8. The van der Waals surface area contributed by atoms with Crippen molar-refractivity contribution in [1.82, 2.24) is 4.90 Å². The van der Waals surface area contributed by atoms with Gasteiger partial charge in [-0.25, -0.2) is 8.42 Å². The van der Waals surface area contributed by atoms with E-state index >= 15 is 0 Å². The van der Waals surface area contributed by atoms with E-state index in [1.165, 1.54) is 0 Å². The Morgan fingerprint density at radius 1 is 0.923 bits per heavy atom. The smallest absolute Gasteiger partial charge is 0.178 e. The van der Waals surface area contributed by atoms with Crippen LogP contribution in [0.4, 0.5) is 0 Å². The van der Waals surface area contributed by atoms with E-state index in [2.05, 4.69) is 4.90 Å². The van der Waals surface area contributed by atoms with E-state index in [0.29, 0.717) is 11.3 Å². The highest BCUT2D eigenvalue weighted by Gasteiger charge is 2.25.